The van der Waals surface area contributed by atoms with Crippen molar-refractivity contribution in [1.82, 2.24) is 40.6 Å². The summed E-state index contributed by atoms with van der Waals surface area (Å²) in [6.45, 7) is 4.02. The summed E-state index contributed by atoms with van der Waals surface area (Å²) in [5.74, 6) is 0.296. The van der Waals surface area contributed by atoms with Gasteiger partial charge < -0.3 is 40.4 Å². The van der Waals surface area contributed by atoms with Crippen molar-refractivity contribution in [2.24, 2.45) is 13.0 Å². The van der Waals surface area contributed by atoms with Crippen molar-refractivity contribution in [3.05, 3.63) is 52.4 Å². The molecule has 18 heteroatoms. The Kier molecular flexibility index (Phi) is 14.8. The number of amides is 4. The lowest BCUT2D eigenvalue weighted by Gasteiger charge is -2.29. The number of rotatable bonds is 22. The fourth-order valence-corrected chi connectivity index (χ4v) is 8.05. The molecule has 4 aliphatic rings. The number of aromatic nitrogens is 4. The second-order valence-corrected chi connectivity index (χ2v) is 16.0. The van der Waals surface area contributed by atoms with Crippen LogP contribution in [0.15, 0.2) is 30.6 Å². The van der Waals surface area contributed by atoms with Gasteiger partial charge in [0.15, 0.2) is 0 Å². The number of imide groups is 1. The average Bonchev–Trinajstić information content (AvgIpc) is 3.90. The van der Waals surface area contributed by atoms with Gasteiger partial charge in [-0.15, -0.1) is 0 Å². The highest BCUT2D eigenvalue weighted by atomic mass is 35.5. The number of carbonyl (C=O) groups is 4. The summed E-state index contributed by atoms with van der Waals surface area (Å²) in [5, 5.41) is 20.5. The van der Waals surface area contributed by atoms with E-state index in [1.807, 2.05) is 30.1 Å². The van der Waals surface area contributed by atoms with Crippen LogP contribution in [0.4, 0.5) is 11.6 Å². The van der Waals surface area contributed by atoms with Gasteiger partial charge >= 0.3 is 0 Å². The van der Waals surface area contributed by atoms with Gasteiger partial charge in [-0.1, -0.05) is 17.7 Å². The number of carbonyl (C=O) groups excluding carboxylic acids is 4. The Morgan fingerprint density at radius 2 is 1.63 bits per heavy atom. The molecule has 2 saturated carbocycles. The summed E-state index contributed by atoms with van der Waals surface area (Å²) in [7, 11) is 1.97. The number of ether oxygens (including phenoxy) is 3. The summed E-state index contributed by atoms with van der Waals surface area (Å²) in [5.41, 5.74) is 5.07. The largest absolute Gasteiger partial charge is 0.382 e. The minimum atomic E-state index is -0.647. The normalized spacial score (nSPS) is 20.4. The zero-order chi connectivity index (χ0) is 41.1. The van der Waals surface area contributed by atoms with Gasteiger partial charge in [0.05, 0.1) is 69.3 Å². The van der Waals surface area contributed by atoms with Gasteiger partial charge in [0.2, 0.25) is 23.7 Å². The van der Waals surface area contributed by atoms with Crippen LogP contribution >= 0.6 is 11.6 Å². The zero-order valence-corrected chi connectivity index (χ0v) is 34.4. The molecule has 1 saturated heterocycles. The molecule has 2 aromatic heterocycles. The standard InChI is InChI=1S/C41H55ClN10O7/c1-51-35(21-26-5-6-26)30(22-47-51)38-32(42)23-46-41(50-38)48-28-9-7-27(8-10-28)45-24-37(54)44-14-16-58-18-20-59-19-17-57-15-13-43-33-4-2-3-29-31(33)25-52(40(29)56)34-11-12-36(53)49-39(34)55/h2-4,22-23,26-28,34,43,45H,5-21,24-25H2,1H3,(H,44,54)(H,46,48,50)(H,49,53,55)/t27-,28-,34?. The molecule has 3 fully saturated rings. The number of fused-ring (bicyclic) bond motifs is 1. The predicted molar refractivity (Wildman–Crippen MR) is 220 cm³/mol. The number of piperidine rings is 1. The number of nitrogens with zero attached hydrogens (tertiary/aromatic N) is 5. The Morgan fingerprint density at radius 1 is 0.898 bits per heavy atom. The number of nitrogens with one attached hydrogen (secondary N) is 5. The third-order valence-corrected chi connectivity index (χ3v) is 11.6. The Morgan fingerprint density at radius 3 is 2.37 bits per heavy atom. The van der Waals surface area contributed by atoms with Crippen molar-refractivity contribution in [1.29, 1.82) is 0 Å². The molecule has 2 aliphatic carbocycles. The van der Waals surface area contributed by atoms with Crippen LogP contribution in [0.25, 0.3) is 11.3 Å². The van der Waals surface area contributed by atoms with E-state index in [4.69, 9.17) is 30.8 Å². The monoisotopic (exact) mass is 834 g/mol. The predicted octanol–water partition coefficient (Wildman–Crippen LogP) is 2.83. The maximum absolute atomic E-state index is 13.0. The minimum Gasteiger partial charge on any atom is -0.382 e. The van der Waals surface area contributed by atoms with E-state index in [1.165, 1.54) is 12.8 Å². The van der Waals surface area contributed by atoms with E-state index in [2.05, 4.69) is 36.7 Å². The highest BCUT2D eigenvalue weighted by Crippen LogP contribution is 2.37. The van der Waals surface area contributed by atoms with E-state index in [-0.39, 0.29) is 42.8 Å². The lowest BCUT2D eigenvalue weighted by Crippen LogP contribution is -2.52. The Bertz CT molecular complexity index is 1950. The molecule has 3 aromatic rings. The maximum Gasteiger partial charge on any atom is 0.255 e. The summed E-state index contributed by atoms with van der Waals surface area (Å²) >= 11 is 6.55. The van der Waals surface area contributed by atoms with E-state index < -0.39 is 11.9 Å². The Balaban J connectivity index is 0.681. The van der Waals surface area contributed by atoms with Crippen molar-refractivity contribution in [2.75, 3.05) is 69.9 Å². The van der Waals surface area contributed by atoms with Gasteiger partial charge in [-0.2, -0.15) is 5.10 Å². The first-order chi connectivity index (χ1) is 28.7. The summed E-state index contributed by atoms with van der Waals surface area (Å²) in [6, 6.07) is 5.34. The smallest absolute Gasteiger partial charge is 0.255 e. The Labute approximate surface area is 349 Å². The molecule has 17 nitrogen and oxygen atoms in total. The lowest BCUT2D eigenvalue weighted by atomic mass is 9.91. The summed E-state index contributed by atoms with van der Waals surface area (Å²) in [4.78, 5) is 60.1. The van der Waals surface area contributed by atoms with Crippen LogP contribution in [0.3, 0.4) is 0 Å². The topological polar surface area (TPSA) is 203 Å². The summed E-state index contributed by atoms with van der Waals surface area (Å²) < 4.78 is 18.8. The molecule has 1 unspecified atom stereocenters. The van der Waals surface area contributed by atoms with E-state index >= 15 is 0 Å². The quantitative estimate of drug-likeness (QED) is 0.0732. The fraction of sp³-hybridized carbons (Fsp3) is 0.585. The highest BCUT2D eigenvalue weighted by Gasteiger charge is 2.40. The van der Waals surface area contributed by atoms with E-state index in [1.54, 1.807) is 17.2 Å². The first-order valence-corrected chi connectivity index (χ1v) is 21.1. The van der Waals surface area contributed by atoms with Crippen molar-refractivity contribution in [3.8, 4) is 11.3 Å². The van der Waals surface area contributed by atoms with Crippen LogP contribution in [0.2, 0.25) is 5.02 Å². The molecule has 318 valence electrons. The number of anilines is 2. The van der Waals surface area contributed by atoms with Crippen molar-refractivity contribution in [2.45, 2.75) is 82.5 Å². The molecule has 1 atom stereocenters. The molecule has 4 heterocycles. The molecule has 0 spiro atoms. The van der Waals surface area contributed by atoms with Crippen LogP contribution in [-0.4, -0.2) is 126 Å². The van der Waals surface area contributed by atoms with E-state index in [0.717, 1.165) is 66.2 Å². The molecule has 4 amide bonds. The molecule has 0 radical (unpaired) electrons. The Hall–Kier alpha value is -4.68. The van der Waals surface area contributed by atoms with Crippen molar-refractivity contribution >= 4 is 46.9 Å². The molecule has 1 aromatic carbocycles. The third-order valence-electron chi connectivity index (χ3n) is 11.3. The van der Waals surface area contributed by atoms with Gasteiger partial charge in [-0.05, 0) is 69.4 Å². The number of hydrogen-bond donors (Lipinski definition) is 5. The van der Waals surface area contributed by atoms with Crippen LogP contribution in [0, 0.1) is 5.92 Å². The van der Waals surface area contributed by atoms with Gasteiger partial charge in [0.1, 0.15) is 6.04 Å². The second-order valence-electron chi connectivity index (χ2n) is 15.6. The first-order valence-electron chi connectivity index (χ1n) is 20.8. The molecular formula is C41H55ClN10O7. The van der Waals surface area contributed by atoms with Crippen LogP contribution in [0.1, 0.15) is 73.0 Å². The molecule has 59 heavy (non-hydrogen) atoms. The van der Waals surface area contributed by atoms with Gasteiger partial charge in [0, 0.05) is 73.3 Å². The zero-order valence-electron chi connectivity index (χ0n) is 33.6. The summed E-state index contributed by atoms with van der Waals surface area (Å²) in [6.07, 6.45) is 11.3. The number of halogens is 1. The fourth-order valence-electron chi connectivity index (χ4n) is 7.86. The maximum atomic E-state index is 13.0. The van der Waals surface area contributed by atoms with Crippen LogP contribution in [-0.2, 0) is 48.6 Å². The van der Waals surface area contributed by atoms with E-state index in [9.17, 15) is 19.2 Å². The van der Waals surface area contributed by atoms with Crippen molar-refractivity contribution < 1.29 is 33.4 Å². The number of hydrogen-bond acceptors (Lipinski definition) is 13. The average molecular weight is 835 g/mol. The van der Waals surface area contributed by atoms with Gasteiger partial charge in [0.25, 0.3) is 5.91 Å². The third kappa shape index (κ3) is 11.5. The highest BCUT2D eigenvalue weighted by molar-refractivity contribution is 6.33. The minimum absolute atomic E-state index is 0.0605. The van der Waals surface area contributed by atoms with Crippen LogP contribution in [0.5, 0.6) is 0 Å². The SMILES string of the molecule is Cn1ncc(-c2nc(N[C@H]3CC[C@H](NCC(=O)NCCOCCOCCOCCNc4cccc5c4CN(C4CCC(=O)NC4=O)C5=O)CC3)ncc2Cl)c1CC1CC1. The molecule has 0 bridgehead atoms. The number of benzene rings is 1. The second kappa shape index (κ2) is 20.5. The van der Waals surface area contributed by atoms with Gasteiger partial charge in [-0.3, -0.25) is 29.2 Å². The van der Waals surface area contributed by atoms with Crippen molar-refractivity contribution in [3.63, 3.8) is 0 Å². The number of aryl methyl sites for hydroxylation is 1. The van der Waals surface area contributed by atoms with E-state index in [0.29, 0.717) is 82.2 Å². The van der Waals surface area contributed by atoms with Crippen LogP contribution < -0.4 is 26.6 Å². The molecule has 5 N–H and O–H groups in total. The molecule has 7 rings (SSSR count). The lowest BCUT2D eigenvalue weighted by molar-refractivity contribution is -0.137. The molecular weight excluding hydrogens is 780 g/mol. The molecule has 2 aliphatic heterocycles. The first kappa shape index (κ1) is 42.4. The van der Waals surface area contributed by atoms with Gasteiger partial charge in [-0.25, -0.2) is 9.97 Å².